The summed E-state index contributed by atoms with van der Waals surface area (Å²) in [5.74, 6) is -0.506. The summed E-state index contributed by atoms with van der Waals surface area (Å²) < 4.78 is 0. The summed E-state index contributed by atoms with van der Waals surface area (Å²) >= 11 is 3.02. The maximum absolute atomic E-state index is 11.6. The van der Waals surface area contributed by atoms with Gasteiger partial charge in [0.1, 0.15) is 0 Å². The van der Waals surface area contributed by atoms with Crippen molar-refractivity contribution in [1.82, 2.24) is 0 Å². The molecule has 0 atom stereocenters. The van der Waals surface area contributed by atoms with Crippen LogP contribution in [0.5, 0.6) is 0 Å². The number of amides is 1. The van der Waals surface area contributed by atoms with E-state index in [4.69, 9.17) is 11.1 Å². The van der Waals surface area contributed by atoms with E-state index in [-0.39, 0.29) is 0 Å². The lowest BCUT2D eigenvalue weighted by molar-refractivity contribution is -0.112. The van der Waals surface area contributed by atoms with Gasteiger partial charge in [0.15, 0.2) is 0 Å². The van der Waals surface area contributed by atoms with Crippen LogP contribution in [0.3, 0.4) is 0 Å². The first-order chi connectivity index (χ1) is 8.24. The van der Waals surface area contributed by atoms with Crippen LogP contribution < -0.4 is 5.73 Å². The molecule has 0 aromatic carbocycles. The molecule has 2 aromatic rings. The normalized spacial score (nSPS) is 12.0. The van der Waals surface area contributed by atoms with Gasteiger partial charge in [-0.15, -0.1) is 0 Å². The molecule has 3 N–H and O–H groups in total. The van der Waals surface area contributed by atoms with Gasteiger partial charge in [0, 0.05) is 11.8 Å². The zero-order chi connectivity index (χ0) is 12.3. The maximum Gasteiger partial charge on any atom is 0.250 e. The van der Waals surface area contributed by atoms with Crippen molar-refractivity contribution >= 4 is 45.9 Å². The van der Waals surface area contributed by atoms with Crippen molar-refractivity contribution in [3.8, 4) is 0 Å². The van der Waals surface area contributed by atoms with Crippen LogP contribution in [0.4, 0.5) is 0 Å². The van der Waals surface area contributed by atoms with Crippen molar-refractivity contribution in [2.45, 2.75) is 0 Å². The maximum atomic E-state index is 11.6. The van der Waals surface area contributed by atoms with Gasteiger partial charge in [-0.1, -0.05) is 0 Å². The molecule has 0 bridgehead atoms. The predicted molar refractivity (Wildman–Crippen MR) is 73.4 cm³/mol. The largest absolute Gasteiger partial charge is 0.366 e. The Morgan fingerprint density at radius 1 is 1.18 bits per heavy atom. The molecular weight excluding hydrogens is 252 g/mol. The van der Waals surface area contributed by atoms with E-state index in [1.54, 1.807) is 0 Å². The molecule has 2 heterocycles. The van der Waals surface area contributed by atoms with Crippen LogP contribution in [0.1, 0.15) is 11.1 Å². The number of carbonyl (C=O) groups excluding carboxylic acids is 1. The third-order valence-electron chi connectivity index (χ3n) is 2.30. The van der Waals surface area contributed by atoms with Crippen molar-refractivity contribution in [2.24, 2.45) is 5.73 Å². The molecule has 17 heavy (non-hydrogen) atoms. The highest BCUT2D eigenvalue weighted by Gasteiger charge is 2.15. The van der Waals surface area contributed by atoms with Crippen LogP contribution in [0, 0.1) is 5.41 Å². The molecule has 0 unspecified atom stereocenters. The standard InChI is InChI=1S/C12H10N2OS2/c13-5-10(8-1-3-16-6-8)11(12(14)15)9-2-4-17-7-9/h1-7,13H,(H2,14,15)/b11-10+,13-5?. The van der Waals surface area contributed by atoms with E-state index < -0.39 is 5.91 Å². The van der Waals surface area contributed by atoms with Crippen molar-refractivity contribution in [2.75, 3.05) is 0 Å². The first kappa shape index (κ1) is 11.8. The van der Waals surface area contributed by atoms with Crippen LogP contribution in [-0.4, -0.2) is 12.1 Å². The van der Waals surface area contributed by atoms with Crippen LogP contribution in [0.2, 0.25) is 0 Å². The molecule has 0 aliphatic carbocycles. The average molecular weight is 262 g/mol. The number of nitrogens with two attached hydrogens (primary N) is 1. The number of thiophene rings is 2. The fourth-order valence-corrected chi connectivity index (χ4v) is 2.86. The van der Waals surface area contributed by atoms with E-state index in [2.05, 4.69) is 0 Å². The van der Waals surface area contributed by atoms with E-state index in [0.717, 1.165) is 11.1 Å². The SMILES string of the molecule is N=C/C(=C(\C(N)=O)c1ccsc1)c1ccsc1. The zero-order valence-electron chi connectivity index (χ0n) is 8.84. The van der Waals surface area contributed by atoms with E-state index in [1.807, 2.05) is 33.7 Å². The summed E-state index contributed by atoms with van der Waals surface area (Å²) in [6.45, 7) is 0. The lowest BCUT2D eigenvalue weighted by Crippen LogP contribution is -2.14. The Hall–Kier alpha value is -1.72. The number of rotatable bonds is 4. The third-order valence-corrected chi connectivity index (χ3v) is 3.67. The van der Waals surface area contributed by atoms with Gasteiger partial charge >= 0.3 is 0 Å². The molecule has 0 aliphatic heterocycles. The Bertz CT molecular complexity index is 553. The molecule has 2 rings (SSSR count). The molecular formula is C12H10N2OS2. The minimum atomic E-state index is -0.506. The Morgan fingerprint density at radius 2 is 1.76 bits per heavy atom. The topological polar surface area (TPSA) is 66.9 Å². The highest BCUT2D eigenvalue weighted by molar-refractivity contribution is 7.08. The first-order valence-electron chi connectivity index (χ1n) is 4.83. The van der Waals surface area contributed by atoms with Crippen molar-refractivity contribution in [1.29, 1.82) is 5.41 Å². The van der Waals surface area contributed by atoms with E-state index in [1.165, 1.54) is 28.9 Å². The first-order valence-corrected chi connectivity index (χ1v) is 6.72. The Labute approximate surface area is 107 Å². The van der Waals surface area contributed by atoms with Crippen LogP contribution >= 0.6 is 22.7 Å². The van der Waals surface area contributed by atoms with E-state index >= 15 is 0 Å². The zero-order valence-corrected chi connectivity index (χ0v) is 10.5. The number of nitrogens with one attached hydrogen (secondary N) is 1. The Kier molecular flexibility index (Phi) is 3.51. The average Bonchev–Trinajstić information content (AvgIpc) is 2.97. The molecule has 0 aliphatic rings. The summed E-state index contributed by atoms with van der Waals surface area (Å²) in [6.07, 6.45) is 1.18. The summed E-state index contributed by atoms with van der Waals surface area (Å²) in [5.41, 5.74) is 8.01. The summed E-state index contributed by atoms with van der Waals surface area (Å²) in [5, 5.41) is 15.0. The molecule has 3 nitrogen and oxygen atoms in total. The molecule has 0 fully saturated rings. The highest BCUT2D eigenvalue weighted by Crippen LogP contribution is 2.27. The Balaban J connectivity index is 2.64. The molecule has 1 amide bonds. The minimum absolute atomic E-state index is 0.402. The smallest absolute Gasteiger partial charge is 0.250 e. The number of allylic oxidation sites excluding steroid dienone is 1. The molecule has 86 valence electrons. The monoisotopic (exact) mass is 262 g/mol. The lowest BCUT2D eigenvalue weighted by atomic mass is 9.98. The van der Waals surface area contributed by atoms with Crippen LogP contribution in [-0.2, 0) is 4.79 Å². The van der Waals surface area contributed by atoms with Gasteiger partial charge in [0.05, 0.1) is 5.57 Å². The Morgan fingerprint density at radius 3 is 2.18 bits per heavy atom. The summed E-state index contributed by atoms with van der Waals surface area (Å²) in [7, 11) is 0. The number of hydrogen-bond acceptors (Lipinski definition) is 4. The fraction of sp³-hybridized carbons (Fsp3) is 0. The van der Waals surface area contributed by atoms with Gasteiger partial charge in [0.25, 0.3) is 0 Å². The van der Waals surface area contributed by atoms with Crippen molar-refractivity contribution in [3.63, 3.8) is 0 Å². The molecule has 0 saturated heterocycles. The lowest BCUT2D eigenvalue weighted by Gasteiger charge is -2.06. The van der Waals surface area contributed by atoms with Crippen molar-refractivity contribution < 1.29 is 4.79 Å². The van der Waals surface area contributed by atoms with Crippen LogP contribution in [0.25, 0.3) is 11.1 Å². The number of primary amides is 1. The molecule has 0 radical (unpaired) electrons. The highest BCUT2D eigenvalue weighted by atomic mass is 32.1. The second-order valence-electron chi connectivity index (χ2n) is 3.32. The van der Waals surface area contributed by atoms with Gasteiger partial charge in [-0.25, -0.2) is 0 Å². The number of hydrogen-bond donors (Lipinski definition) is 2. The molecule has 0 saturated carbocycles. The molecule has 5 heteroatoms. The minimum Gasteiger partial charge on any atom is -0.366 e. The number of carbonyl (C=O) groups is 1. The van der Waals surface area contributed by atoms with E-state index in [0.29, 0.717) is 11.1 Å². The second-order valence-corrected chi connectivity index (χ2v) is 4.88. The van der Waals surface area contributed by atoms with Gasteiger partial charge < -0.3 is 11.1 Å². The van der Waals surface area contributed by atoms with Gasteiger partial charge in [-0.3, -0.25) is 4.79 Å². The van der Waals surface area contributed by atoms with Gasteiger partial charge in [0.2, 0.25) is 5.91 Å². The van der Waals surface area contributed by atoms with Gasteiger partial charge in [-0.05, 0) is 44.8 Å². The fourth-order valence-electron chi connectivity index (χ4n) is 1.55. The van der Waals surface area contributed by atoms with E-state index in [9.17, 15) is 4.79 Å². The van der Waals surface area contributed by atoms with Crippen LogP contribution in [0.15, 0.2) is 33.7 Å². The molecule has 2 aromatic heterocycles. The second kappa shape index (κ2) is 5.07. The predicted octanol–water partition coefficient (Wildman–Crippen LogP) is 2.86. The summed E-state index contributed by atoms with van der Waals surface area (Å²) in [6, 6.07) is 3.71. The molecule has 0 spiro atoms. The quantitative estimate of drug-likeness (QED) is 0.645. The summed E-state index contributed by atoms with van der Waals surface area (Å²) in [4.78, 5) is 11.6. The third kappa shape index (κ3) is 2.35. The van der Waals surface area contributed by atoms with Crippen molar-refractivity contribution in [3.05, 3.63) is 44.8 Å². The van der Waals surface area contributed by atoms with Gasteiger partial charge in [-0.2, -0.15) is 22.7 Å².